The fourth-order valence-corrected chi connectivity index (χ4v) is 4.01. The van der Waals surface area contributed by atoms with E-state index in [0.29, 0.717) is 16.8 Å². The number of likely N-dealkylation sites (tertiary alicyclic amines) is 1. The van der Waals surface area contributed by atoms with Gasteiger partial charge in [0.15, 0.2) is 0 Å². The third kappa shape index (κ3) is 4.09. The van der Waals surface area contributed by atoms with Gasteiger partial charge in [0.1, 0.15) is 5.82 Å². The zero-order valence-electron chi connectivity index (χ0n) is 13.5. The van der Waals surface area contributed by atoms with Crippen molar-refractivity contribution in [1.29, 1.82) is 0 Å². The maximum Gasteiger partial charge on any atom is 0.261 e. The number of piperidine rings is 1. The monoisotopic (exact) mass is 334 g/mol. The minimum Gasteiger partial charge on any atom is -0.351 e. The summed E-state index contributed by atoms with van der Waals surface area (Å²) in [6.45, 7) is 6.36. The summed E-state index contributed by atoms with van der Waals surface area (Å²) in [6, 6.07) is 6.60. The Bertz CT molecular complexity index is 677. The van der Waals surface area contributed by atoms with Crippen LogP contribution < -0.4 is 5.32 Å². The largest absolute Gasteiger partial charge is 0.351 e. The predicted octanol–water partition coefficient (Wildman–Crippen LogP) is 3.89. The second kappa shape index (κ2) is 7.41. The van der Waals surface area contributed by atoms with Gasteiger partial charge in [0.25, 0.3) is 5.91 Å². The number of carbonyl (C=O) groups is 1. The minimum absolute atomic E-state index is 0.0992. The summed E-state index contributed by atoms with van der Waals surface area (Å²) < 4.78 is 14.5. The first-order valence-corrected chi connectivity index (χ1v) is 9.14. The molecule has 124 valence electrons. The van der Waals surface area contributed by atoms with Crippen LogP contribution in [0.15, 0.2) is 24.3 Å². The first-order chi connectivity index (χ1) is 11.1. The van der Waals surface area contributed by atoms with Crippen molar-refractivity contribution in [3.8, 4) is 0 Å². The van der Waals surface area contributed by atoms with Crippen molar-refractivity contribution in [2.45, 2.75) is 26.2 Å². The lowest BCUT2D eigenvalue weighted by Gasteiger charge is -2.30. The van der Waals surface area contributed by atoms with Gasteiger partial charge in [-0.2, -0.15) is 0 Å². The Labute approximate surface area is 140 Å². The Balaban J connectivity index is 1.46. The molecule has 1 aromatic heterocycles. The first kappa shape index (κ1) is 16.4. The van der Waals surface area contributed by atoms with Crippen molar-refractivity contribution < 1.29 is 9.18 Å². The van der Waals surface area contributed by atoms with Crippen LogP contribution in [0.4, 0.5) is 4.39 Å². The van der Waals surface area contributed by atoms with E-state index in [1.54, 1.807) is 12.1 Å². The number of nitrogens with zero attached hydrogens (tertiary/aromatic N) is 1. The molecule has 1 saturated heterocycles. The average Bonchev–Trinajstić information content (AvgIpc) is 2.99. The van der Waals surface area contributed by atoms with Crippen LogP contribution in [0.2, 0.25) is 0 Å². The van der Waals surface area contributed by atoms with E-state index in [2.05, 4.69) is 17.1 Å². The van der Waals surface area contributed by atoms with Gasteiger partial charge in [-0.05, 0) is 63.0 Å². The Morgan fingerprint density at radius 3 is 2.91 bits per heavy atom. The van der Waals surface area contributed by atoms with Crippen LogP contribution in [0.3, 0.4) is 0 Å². The van der Waals surface area contributed by atoms with Crippen LogP contribution in [0.1, 0.15) is 35.9 Å². The van der Waals surface area contributed by atoms with Gasteiger partial charge >= 0.3 is 0 Å². The zero-order valence-corrected chi connectivity index (χ0v) is 14.3. The standard InChI is InChI=1S/C18H23FN2OS/c1-13-6-10-21(11-7-13)9-3-8-20-18(22)17-12-14-15(19)4-2-5-16(14)23-17/h2,4-5,12-13H,3,6-11H2,1H3,(H,20,22). The summed E-state index contributed by atoms with van der Waals surface area (Å²) in [6.07, 6.45) is 3.51. The highest BCUT2D eigenvalue weighted by molar-refractivity contribution is 7.20. The number of halogens is 1. The molecule has 0 unspecified atom stereocenters. The molecule has 1 N–H and O–H groups in total. The van der Waals surface area contributed by atoms with Crippen LogP contribution in [-0.4, -0.2) is 37.0 Å². The lowest BCUT2D eigenvalue weighted by Crippen LogP contribution is -2.35. The molecule has 2 heterocycles. The third-order valence-electron chi connectivity index (χ3n) is 4.54. The molecule has 5 heteroatoms. The molecular formula is C18H23FN2OS. The van der Waals surface area contributed by atoms with Crippen molar-refractivity contribution in [3.63, 3.8) is 0 Å². The summed E-state index contributed by atoms with van der Waals surface area (Å²) in [5.41, 5.74) is 0. The Kier molecular flexibility index (Phi) is 5.28. The maximum absolute atomic E-state index is 13.7. The van der Waals surface area contributed by atoms with Gasteiger partial charge < -0.3 is 10.2 Å². The van der Waals surface area contributed by atoms with E-state index in [9.17, 15) is 9.18 Å². The molecule has 3 rings (SSSR count). The van der Waals surface area contributed by atoms with Crippen LogP contribution in [-0.2, 0) is 0 Å². The molecule has 0 bridgehead atoms. The molecule has 0 spiro atoms. The van der Waals surface area contributed by atoms with Gasteiger partial charge in [-0.1, -0.05) is 13.0 Å². The van der Waals surface area contributed by atoms with Gasteiger partial charge in [-0.15, -0.1) is 11.3 Å². The van der Waals surface area contributed by atoms with Crippen molar-refractivity contribution in [2.75, 3.05) is 26.2 Å². The maximum atomic E-state index is 13.7. The molecule has 1 amide bonds. The van der Waals surface area contributed by atoms with Crippen LogP contribution in [0, 0.1) is 11.7 Å². The van der Waals surface area contributed by atoms with Crippen LogP contribution >= 0.6 is 11.3 Å². The Morgan fingerprint density at radius 1 is 1.39 bits per heavy atom. The molecular weight excluding hydrogens is 311 g/mol. The van der Waals surface area contributed by atoms with E-state index in [1.165, 1.54) is 43.3 Å². The number of amides is 1. The molecule has 1 fully saturated rings. The van der Waals surface area contributed by atoms with Gasteiger partial charge in [-0.3, -0.25) is 4.79 Å². The fourth-order valence-electron chi connectivity index (χ4n) is 3.01. The van der Waals surface area contributed by atoms with Crippen molar-refractivity contribution in [2.24, 2.45) is 5.92 Å². The summed E-state index contributed by atoms with van der Waals surface area (Å²) in [5, 5.41) is 3.48. The molecule has 23 heavy (non-hydrogen) atoms. The van der Waals surface area contributed by atoms with Crippen molar-refractivity contribution >= 4 is 27.3 Å². The van der Waals surface area contributed by atoms with E-state index in [1.807, 2.05) is 6.07 Å². The first-order valence-electron chi connectivity index (χ1n) is 8.32. The lowest BCUT2D eigenvalue weighted by atomic mass is 9.99. The van der Waals surface area contributed by atoms with Crippen molar-refractivity contribution in [1.82, 2.24) is 10.2 Å². The molecule has 3 nitrogen and oxygen atoms in total. The highest BCUT2D eigenvalue weighted by atomic mass is 32.1. The molecule has 1 aliphatic heterocycles. The number of hydrogen-bond donors (Lipinski definition) is 1. The SMILES string of the molecule is CC1CCN(CCCNC(=O)c2cc3c(F)cccc3s2)CC1. The summed E-state index contributed by atoms with van der Waals surface area (Å²) >= 11 is 1.34. The lowest BCUT2D eigenvalue weighted by molar-refractivity contribution is 0.0954. The van der Waals surface area contributed by atoms with E-state index in [-0.39, 0.29) is 11.7 Å². The van der Waals surface area contributed by atoms with E-state index >= 15 is 0 Å². The molecule has 2 aromatic rings. The fraction of sp³-hybridized carbons (Fsp3) is 0.500. The third-order valence-corrected chi connectivity index (χ3v) is 5.64. The smallest absolute Gasteiger partial charge is 0.261 e. The van der Waals surface area contributed by atoms with Gasteiger partial charge in [0, 0.05) is 16.6 Å². The second-order valence-corrected chi connectivity index (χ2v) is 7.48. The van der Waals surface area contributed by atoms with E-state index in [4.69, 9.17) is 0 Å². The predicted molar refractivity (Wildman–Crippen MR) is 93.6 cm³/mol. The minimum atomic E-state index is -0.267. The Morgan fingerprint density at radius 2 is 2.17 bits per heavy atom. The van der Waals surface area contributed by atoms with Gasteiger partial charge in [0.2, 0.25) is 0 Å². The zero-order chi connectivity index (χ0) is 16.2. The number of benzene rings is 1. The van der Waals surface area contributed by atoms with Crippen LogP contribution in [0.25, 0.3) is 10.1 Å². The second-order valence-electron chi connectivity index (χ2n) is 6.40. The summed E-state index contributed by atoms with van der Waals surface area (Å²) in [5.74, 6) is 0.481. The molecule has 0 radical (unpaired) electrons. The number of carbonyl (C=O) groups excluding carboxylic acids is 1. The summed E-state index contributed by atoms with van der Waals surface area (Å²) in [7, 11) is 0. The molecule has 0 saturated carbocycles. The number of fused-ring (bicyclic) bond motifs is 1. The number of thiophene rings is 1. The Hall–Kier alpha value is -1.46. The van der Waals surface area contributed by atoms with Gasteiger partial charge in [-0.25, -0.2) is 4.39 Å². The molecule has 1 aromatic carbocycles. The molecule has 0 atom stereocenters. The number of nitrogens with one attached hydrogen (secondary N) is 1. The topological polar surface area (TPSA) is 32.3 Å². The molecule has 1 aliphatic rings. The van der Waals surface area contributed by atoms with Crippen LogP contribution in [0.5, 0.6) is 0 Å². The summed E-state index contributed by atoms with van der Waals surface area (Å²) in [4.78, 5) is 15.2. The quantitative estimate of drug-likeness (QED) is 0.841. The highest BCUT2D eigenvalue weighted by Gasteiger charge is 2.15. The normalized spacial score (nSPS) is 16.8. The average molecular weight is 334 g/mol. The van der Waals surface area contributed by atoms with Gasteiger partial charge in [0.05, 0.1) is 4.88 Å². The van der Waals surface area contributed by atoms with Crippen molar-refractivity contribution in [3.05, 3.63) is 35.0 Å². The van der Waals surface area contributed by atoms with E-state index in [0.717, 1.165) is 23.6 Å². The number of rotatable bonds is 5. The highest BCUT2D eigenvalue weighted by Crippen LogP contribution is 2.27. The van der Waals surface area contributed by atoms with E-state index < -0.39 is 0 Å². The molecule has 0 aliphatic carbocycles. The number of hydrogen-bond acceptors (Lipinski definition) is 3.